The Morgan fingerprint density at radius 1 is 1.07 bits per heavy atom. The number of carbonyl (C=O) groups excluding carboxylic acids is 1. The minimum absolute atomic E-state index is 0.0199. The van der Waals surface area contributed by atoms with Gasteiger partial charge >= 0.3 is 0 Å². The number of benzene rings is 2. The molecule has 0 unspecified atom stereocenters. The number of pyridine rings is 1. The molecular weight excluding hydrogens is 550 g/mol. The highest BCUT2D eigenvalue weighted by molar-refractivity contribution is 8.00. The number of likely N-dealkylation sites (tertiary alicyclic amines) is 1. The number of amides is 1. The van der Waals surface area contributed by atoms with Gasteiger partial charge in [-0.1, -0.05) is 18.3 Å². The van der Waals surface area contributed by atoms with Crippen LogP contribution in [0.5, 0.6) is 17.2 Å². The Labute approximate surface area is 247 Å². The molecule has 1 amide bonds. The molecule has 4 heterocycles. The third kappa shape index (κ3) is 5.60. The number of hydrogen-bond acceptors (Lipinski definition) is 9. The molecule has 11 heteroatoms. The first-order chi connectivity index (χ1) is 20.4. The Balaban J connectivity index is 1.21. The van der Waals surface area contributed by atoms with Gasteiger partial charge in [-0.3, -0.25) is 4.79 Å². The topological polar surface area (TPSA) is 107 Å². The zero-order valence-electron chi connectivity index (χ0n) is 23.7. The van der Waals surface area contributed by atoms with Crippen LogP contribution in [-0.2, 0) is 11.8 Å². The Morgan fingerprint density at radius 2 is 1.90 bits per heavy atom. The van der Waals surface area contributed by atoms with E-state index in [1.54, 1.807) is 25.2 Å². The number of hydrogen-bond donors (Lipinski definition) is 1. The lowest BCUT2D eigenvalue weighted by atomic mass is 10.1. The highest BCUT2D eigenvalue weighted by Gasteiger charge is 2.24. The molecule has 1 aliphatic heterocycles. The first kappa shape index (κ1) is 27.5. The molecule has 0 atom stereocenters. The molecule has 214 valence electrons. The number of thioether (sulfide) groups is 1. The quantitative estimate of drug-likeness (QED) is 0.220. The molecule has 1 aliphatic rings. The summed E-state index contributed by atoms with van der Waals surface area (Å²) < 4.78 is 13.8. The molecule has 42 heavy (non-hydrogen) atoms. The van der Waals surface area contributed by atoms with Crippen molar-refractivity contribution in [3.05, 3.63) is 73.3 Å². The second-order valence-corrected chi connectivity index (χ2v) is 11.4. The van der Waals surface area contributed by atoms with Crippen LogP contribution in [0.4, 0.5) is 11.5 Å². The van der Waals surface area contributed by atoms with Crippen LogP contribution in [-0.4, -0.2) is 60.8 Å². The number of nitrogens with zero attached hydrogens (tertiary/aromatic N) is 6. The molecule has 6 rings (SSSR count). The first-order valence-corrected chi connectivity index (χ1v) is 14.5. The SMILES string of the molecule is C=CC(=O)N1CCC(Sc2nc3c(Nc4ccc(Oc5ccc6c(c5)ncn6C)c(C)c4)ncnc3cc2OC)CC1. The van der Waals surface area contributed by atoms with Gasteiger partial charge in [0.25, 0.3) is 0 Å². The highest BCUT2D eigenvalue weighted by atomic mass is 32.2. The molecule has 0 radical (unpaired) electrons. The highest BCUT2D eigenvalue weighted by Crippen LogP contribution is 2.38. The van der Waals surface area contributed by atoms with Crippen molar-refractivity contribution >= 4 is 51.2 Å². The normalized spacial score (nSPS) is 13.8. The van der Waals surface area contributed by atoms with Gasteiger partial charge in [0.2, 0.25) is 5.91 Å². The van der Waals surface area contributed by atoms with Crippen molar-refractivity contribution in [2.45, 2.75) is 30.0 Å². The molecule has 1 N–H and O–H groups in total. The van der Waals surface area contributed by atoms with E-state index in [0.29, 0.717) is 40.9 Å². The number of anilines is 2. The number of piperidine rings is 1. The smallest absolute Gasteiger partial charge is 0.245 e. The Kier molecular flexibility index (Phi) is 7.66. The number of imidazole rings is 1. The molecule has 0 aliphatic carbocycles. The van der Waals surface area contributed by atoms with Crippen molar-refractivity contribution < 1.29 is 14.3 Å². The number of ether oxygens (including phenoxy) is 2. The van der Waals surface area contributed by atoms with Crippen LogP contribution in [0.1, 0.15) is 18.4 Å². The van der Waals surface area contributed by atoms with Gasteiger partial charge in [0.05, 0.1) is 30.0 Å². The summed E-state index contributed by atoms with van der Waals surface area (Å²) in [5.74, 6) is 2.74. The summed E-state index contributed by atoms with van der Waals surface area (Å²) in [5.41, 5.74) is 5.09. The summed E-state index contributed by atoms with van der Waals surface area (Å²) >= 11 is 1.67. The fraction of sp³-hybridized carbons (Fsp3) is 0.258. The summed E-state index contributed by atoms with van der Waals surface area (Å²) in [6, 6.07) is 13.7. The van der Waals surface area contributed by atoms with E-state index in [0.717, 1.165) is 51.7 Å². The molecule has 2 aromatic carbocycles. The lowest BCUT2D eigenvalue weighted by Gasteiger charge is -2.30. The van der Waals surface area contributed by atoms with Crippen molar-refractivity contribution in [2.75, 3.05) is 25.5 Å². The fourth-order valence-corrected chi connectivity index (χ4v) is 6.20. The van der Waals surface area contributed by atoms with Gasteiger partial charge in [-0.05, 0) is 61.7 Å². The molecule has 0 saturated carbocycles. The van der Waals surface area contributed by atoms with Crippen molar-refractivity contribution in [2.24, 2.45) is 7.05 Å². The van der Waals surface area contributed by atoms with Crippen LogP contribution in [0.25, 0.3) is 22.1 Å². The second-order valence-electron chi connectivity index (χ2n) is 10.1. The molecule has 0 bridgehead atoms. The van der Waals surface area contributed by atoms with E-state index >= 15 is 0 Å². The van der Waals surface area contributed by atoms with Crippen LogP contribution >= 0.6 is 11.8 Å². The van der Waals surface area contributed by atoms with Gasteiger partial charge in [-0.25, -0.2) is 19.9 Å². The van der Waals surface area contributed by atoms with Crippen molar-refractivity contribution in [1.29, 1.82) is 0 Å². The number of aryl methyl sites for hydroxylation is 2. The third-order valence-electron chi connectivity index (χ3n) is 7.33. The lowest BCUT2D eigenvalue weighted by Crippen LogP contribution is -2.38. The molecule has 1 saturated heterocycles. The standard InChI is InChI=1S/C31H31N7O3S/c1-5-28(39)38-12-10-22(11-13-38)42-31-27(40-4)16-24-29(36-31)30(33-17-32-24)35-20-6-9-26(19(2)14-20)41-21-7-8-25-23(15-21)34-18-37(25)3/h5-9,14-18,22H,1,10-13H2,2-4H3,(H,32,33,35). The Hall–Kier alpha value is -4.64. The molecule has 10 nitrogen and oxygen atoms in total. The summed E-state index contributed by atoms with van der Waals surface area (Å²) in [4.78, 5) is 32.1. The maximum atomic E-state index is 12.0. The fourth-order valence-electron chi connectivity index (χ4n) is 5.04. The van der Waals surface area contributed by atoms with E-state index in [4.69, 9.17) is 14.5 Å². The zero-order valence-corrected chi connectivity index (χ0v) is 24.5. The molecule has 0 spiro atoms. The Bertz CT molecular complexity index is 1800. The average molecular weight is 582 g/mol. The van der Waals surface area contributed by atoms with Gasteiger partial charge in [0.15, 0.2) is 11.6 Å². The van der Waals surface area contributed by atoms with Crippen LogP contribution in [0.2, 0.25) is 0 Å². The lowest BCUT2D eigenvalue weighted by molar-refractivity contribution is -0.126. The maximum absolute atomic E-state index is 12.0. The van der Waals surface area contributed by atoms with E-state index in [2.05, 4.69) is 26.8 Å². The number of methoxy groups -OCH3 is 1. The third-order valence-corrected chi connectivity index (χ3v) is 8.65. The molecule has 1 fully saturated rings. The molecule has 5 aromatic rings. The van der Waals surface area contributed by atoms with E-state index in [-0.39, 0.29) is 5.91 Å². The zero-order chi connectivity index (χ0) is 29.2. The summed E-state index contributed by atoms with van der Waals surface area (Å²) in [6.45, 7) is 7.00. The predicted octanol–water partition coefficient (Wildman–Crippen LogP) is 6.03. The average Bonchev–Trinajstić information content (AvgIpc) is 3.38. The first-order valence-electron chi connectivity index (χ1n) is 13.7. The second kappa shape index (κ2) is 11.7. The maximum Gasteiger partial charge on any atom is 0.245 e. The number of fused-ring (bicyclic) bond motifs is 2. The van der Waals surface area contributed by atoms with Gasteiger partial charge < -0.3 is 24.3 Å². The predicted molar refractivity (Wildman–Crippen MR) is 165 cm³/mol. The van der Waals surface area contributed by atoms with Gasteiger partial charge in [0, 0.05) is 43.2 Å². The largest absolute Gasteiger partial charge is 0.494 e. The van der Waals surface area contributed by atoms with Gasteiger partial charge in [-0.15, -0.1) is 0 Å². The monoisotopic (exact) mass is 581 g/mol. The van der Waals surface area contributed by atoms with E-state index < -0.39 is 0 Å². The minimum atomic E-state index is -0.0199. The van der Waals surface area contributed by atoms with Crippen molar-refractivity contribution in [1.82, 2.24) is 29.4 Å². The number of rotatable bonds is 8. The van der Waals surface area contributed by atoms with Crippen LogP contribution < -0.4 is 14.8 Å². The van der Waals surface area contributed by atoms with E-state index in [9.17, 15) is 4.79 Å². The van der Waals surface area contributed by atoms with Crippen LogP contribution in [0, 0.1) is 6.92 Å². The van der Waals surface area contributed by atoms with Gasteiger partial charge in [0.1, 0.15) is 28.4 Å². The van der Waals surface area contributed by atoms with Crippen LogP contribution in [0.3, 0.4) is 0 Å². The molecule has 3 aromatic heterocycles. The number of carbonyl (C=O) groups is 1. The summed E-state index contributed by atoms with van der Waals surface area (Å²) in [6.07, 6.45) is 6.42. The number of nitrogens with one attached hydrogen (secondary N) is 1. The van der Waals surface area contributed by atoms with Crippen molar-refractivity contribution in [3.63, 3.8) is 0 Å². The summed E-state index contributed by atoms with van der Waals surface area (Å²) in [7, 11) is 3.61. The van der Waals surface area contributed by atoms with E-state index in [1.807, 2.05) is 65.9 Å². The van der Waals surface area contributed by atoms with Gasteiger partial charge in [-0.2, -0.15) is 0 Å². The van der Waals surface area contributed by atoms with Crippen LogP contribution in [0.15, 0.2) is 72.8 Å². The summed E-state index contributed by atoms with van der Waals surface area (Å²) in [5, 5.41) is 4.50. The molecular formula is C31H31N7O3S. The number of aromatic nitrogens is 5. The van der Waals surface area contributed by atoms with Crippen molar-refractivity contribution in [3.8, 4) is 17.2 Å². The Morgan fingerprint density at radius 3 is 2.67 bits per heavy atom. The minimum Gasteiger partial charge on any atom is -0.494 e. The van der Waals surface area contributed by atoms with E-state index in [1.165, 1.54) is 12.4 Å².